The third-order valence-electron chi connectivity index (χ3n) is 2.21. The number of hydrogen-bond acceptors (Lipinski definition) is 3. The molecule has 6 heteroatoms. The lowest BCUT2D eigenvalue weighted by molar-refractivity contribution is 0.485. The highest BCUT2D eigenvalue weighted by atomic mass is 35.7. The largest absolute Gasteiger partial charge is 0.270 e. The minimum Gasteiger partial charge on any atom is -0.246 e. The van der Waals surface area contributed by atoms with Crippen molar-refractivity contribution in [3.05, 3.63) is 42.0 Å². The minimum absolute atomic E-state index is 0.115. The molecule has 0 N–H and O–H groups in total. The van der Waals surface area contributed by atoms with Gasteiger partial charge in [-0.15, -0.1) is 11.3 Å². The standard InChI is InChI=1S/C11H8ClFO2S2/c12-17(14,15)11-6-5-10(16-11)9-3-1-8(7-13)2-4-9/h1-6H,7H2. The average molecular weight is 291 g/mol. The number of rotatable bonds is 3. The summed E-state index contributed by atoms with van der Waals surface area (Å²) in [6, 6.07) is 10.0. The highest BCUT2D eigenvalue weighted by Gasteiger charge is 2.13. The predicted octanol–water partition coefficient (Wildman–Crippen LogP) is 3.81. The summed E-state index contributed by atoms with van der Waals surface area (Å²) in [5, 5.41) is 0. The van der Waals surface area contributed by atoms with Gasteiger partial charge < -0.3 is 0 Å². The van der Waals surface area contributed by atoms with Crippen LogP contribution in [-0.4, -0.2) is 8.42 Å². The van der Waals surface area contributed by atoms with Gasteiger partial charge in [0.2, 0.25) is 0 Å². The minimum atomic E-state index is -3.67. The van der Waals surface area contributed by atoms with E-state index in [0.29, 0.717) is 5.56 Å². The number of hydrogen-bond donors (Lipinski definition) is 0. The Morgan fingerprint density at radius 3 is 2.24 bits per heavy atom. The van der Waals surface area contributed by atoms with Crippen LogP contribution in [0.1, 0.15) is 5.56 Å². The highest BCUT2D eigenvalue weighted by molar-refractivity contribution is 8.15. The van der Waals surface area contributed by atoms with E-state index >= 15 is 0 Å². The Morgan fingerprint density at radius 2 is 1.76 bits per heavy atom. The van der Waals surface area contributed by atoms with Crippen LogP contribution in [0.3, 0.4) is 0 Å². The maximum atomic E-state index is 12.3. The van der Waals surface area contributed by atoms with Crippen molar-refractivity contribution in [2.24, 2.45) is 0 Å². The molecule has 1 aromatic heterocycles. The molecular formula is C11H8ClFO2S2. The van der Waals surface area contributed by atoms with Crippen molar-refractivity contribution in [1.82, 2.24) is 0 Å². The second kappa shape index (κ2) is 4.76. The quantitative estimate of drug-likeness (QED) is 0.806. The van der Waals surface area contributed by atoms with E-state index in [1.54, 1.807) is 30.3 Å². The molecule has 1 heterocycles. The molecule has 0 radical (unpaired) electrons. The van der Waals surface area contributed by atoms with Gasteiger partial charge in [0.25, 0.3) is 9.05 Å². The van der Waals surface area contributed by atoms with E-state index in [0.717, 1.165) is 21.8 Å². The molecule has 2 rings (SSSR count). The number of benzene rings is 1. The fourth-order valence-electron chi connectivity index (χ4n) is 1.36. The molecule has 0 bridgehead atoms. The molecule has 0 amide bonds. The Bertz CT molecular complexity index is 617. The van der Waals surface area contributed by atoms with E-state index in [-0.39, 0.29) is 4.21 Å². The Morgan fingerprint density at radius 1 is 1.12 bits per heavy atom. The smallest absolute Gasteiger partial charge is 0.246 e. The van der Waals surface area contributed by atoms with Gasteiger partial charge in [-0.3, -0.25) is 0 Å². The third kappa shape index (κ3) is 2.86. The van der Waals surface area contributed by atoms with Crippen LogP contribution < -0.4 is 0 Å². The van der Waals surface area contributed by atoms with Crippen molar-refractivity contribution < 1.29 is 12.8 Å². The molecule has 0 saturated heterocycles. The second-order valence-corrected chi connectivity index (χ2v) is 7.26. The Hall–Kier alpha value is -0.910. The van der Waals surface area contributed by atoms with Gasteiger partial charge in [-0.2, -0.15) is 0 Å². The van der Waals surface area contributed by atoms with E-state index in [1.807, 2.05) is 0 Å². The maximum Gasteiger partial charge on any atom is 0.270 e. The molecule has 0 aliphatic carbocycles. The molecule has 0 aliphatic rings. The monoisotopic (exact) mass is 290 g/mol. The summed E-state index contributed by atoms with van der Waals surface area (Å²) in [6.45, 7) is -0.508. The Balaban J connectivity index is 2.37. The molecule has 0 unspecified atom stereocenters. The molecule has 0 spiro atoms. The molecule has 0 fully saturated rings. The lowest BCUT2D eigenvalue weighted by atomic mass is 10.1. The van der Waals surface area contributed by atoms with Gasteiger partial charge in [0.05, 0.1) is 0 Å². The highest BCUT2D eigenvalue weighted by Crippen LogP contribution is 2.32. The zero-order chi connectivity index (χ0) is 12.5. The van der Waals surface area contributed by atoms with Gasteiger partial charge in [-0.05, 0) is 23.3 Å². The van der Waals surface area contributed by atoms with Crippen molar-refractivity contribution in [2.45, 2.75) is 10.9 Å². The van der Waals surface area contributed by atoms with Crippen molar-refractivity contribution in [1.29, 1.82) is 0 Å². The van der Waals surface area contributed by atoms with Gasteiger partial charge in [-0.25, -0.2) is 12.8 Å². The first-order valence-electron chi connectivity index (χ1n) is 4.70. The summed E-state index contributed by atoms with van der Waals surface area (Å²) in [5.74, 6) is 0. The van der Waals surface area contributed by atoms with E-state index in [4.69, 9.17) is 10.7 Å². The van der Waals surface area contributed by atoms with Gasteiger partial charge in [0.1, 0.15) is 10.9 Å². The van der Waals surface area contributed by atoms with Crippen molar-refractivity contribution >= 4 is 31.1 Å². The first-order chi connectivity index (χ1) is 8.00. The summed E-state index contributed by atoms with van der Waals surface area (Å²) in [6.07, 6.45) is 0. The second-order valence-electron chi connectivity index (χ2n) is 3.39. The van der Waals surface area contributed by atoms with E-state index in [2.05, 4.69) is 0 Å². The van der Waals surface area contributed by atoms with Crippen LogP contribution in [0.25, 0.3) is 10.4 Å². The summed E-state index contributed by atoms with van der Waals surface area (Å²) in [5.41, 5.74) is 1.44. The number of thiophene rings is 1. The van der Waals surface area contributed by atoms with Crippen LogP contribution in [0.5, 0.6) is 0 Å². The van der Waals surface area contributed by atoms with Crippen LogP contribution in [0.15, 0.2) is 40.6 Å². The van der Waals surface area contributed by atoms with Crippen molar-refractivity contribution in [2.75, 3.05) is 0 Å². The molecule has 2 aromatic rings. The molecule has 2 nitrogen and oxygen atoms in total. The fourth-order valence-corrected chi connectivity index (χ4v) is 3.44. The molecule has 90 valence electrons. The number of alkyl halides is 1. The zero-order valence-corrected chi connectivity index (χ0v) is 10.9. The summed E-state index contributed by atoms with van der Waals surface area (Å²) < 4.78 is 34.6. The Labute approximate surface area is 107 Å². The van der Waals surface area contributed by atoms with Crippen LogP contribution in [0, 0.1) is 0 Å². The lowest BCUT2D eigenvalue weighted by Gasteiger charge is -1.98. The van der Waals surface area contributed by atoms with Crippen molar-refractivity contribution in [3.63, 3.8) is 0 Å². The van der Waals surface area contributed by atoms with Crippen LogP contribution in [-0.2, 0) is 15.7 Å². The van der Waals surface area contributed by atoms with Gasteiger partial charge in [0, 0.05) is 15.6 Å². The lowest BCUT2D eigenvalue weighted by Crippen LogP contribution is -1.83. The Kier molecular flexibility index (Phi) is 3.51. The van der Waals surface area contributed by atoms with Crippen molar-refractivity contribution in [3.8, 4) is 10.4 Å². The van der Waals surface area contributed by atoms with Crippen LogP contribution in [0.4, 0.5) is 4.39 Å². The molecule has 17 heavy (non-hydrogen) atoms. The van der Waals surface area contributed by atoms with Gasteiger partial charge in [0.15, 0.2) is 0 Å². The number of halogens is 2. The first-order valence-corrected chi connectivity index (χ1v) is 7.83. The van der Waals surface area contributed by atoms with E-state index in [9.17, 15) is 12.8 Å². The summed E-state index contributed by atoms with van der Waals surface area (Å²) in [7, 11) is 1.57. The average Bonchev–Trinajstić information content (AvgIpc) is 2.78. The fraction of sp³-hybridized carbons (Fsp3) is 0.0909. The molecule has 0 saturated carbocycles. The van der Waals surface area contributed by atoms with Crippen LogP contribution >= 0.6 is 22.0 Å². The maximum absolute atomic E-state index is 12.3. The van der Waals surface area contributed by atoms with E-state index < -0.39 is 15.7 Å². The van der Waals surface area contributed by atoms with Gasteiger partial charge in [-0.1, -0.05) is 24.3 Å². The molecule has 1 aromatic carbocycles. The third-order valence-corrected chi connectivity index (χ3v) is 5.44. The predicted molar refractivity (Wildman–Crippen MR) is 67.6 cm³/mol. The first kappa shape index (κ1) is 12.5. The topological polar surface area (TPSA) is 34.1 Å². The SMILES string of the molecule is O=S(=O)(Cl)c1ccc(-c2ccc(CF)cc2)s1. The van der Waals surface area contributed by atoms with Gasteiger partial charge >= 0.3 is 0 Å². The van der Waals surface area contributed by atoms with Crippen LogP contribution in [0.2, 0.25) is 0 Å². The molecule has 0 aliphatic heterocycles. The normalized spacial score (nSPS) is 11.6. The molecule has 0 atom stereocenters. The summed E-state index contributed by atoms with van der Waals surface area (Å²) in [4.78, 5) is 0.787. The zero-order valence-electron chi connectivity index (χ0n) is 8.56. The summed E-state index contributed by atoms with van der Waals surface area (Å²) >= 11 is 1.09. The molecular weight excluding hydrogens is 283 g/mol. The van der Waals surface area contributed by atoms with E-state index in [1.165, 1.54) is 6.07 Å².